The van der Waals surface area contributed by atoms with Crippen molar-refractivity contribution in [1.29, 1.82) is 0 Å². The Kier molecular flexibility index (Phi) is 8.73. The van der Waals surface area contributed by atoms with Crippen LogP contribution in [0.5, 0.6) is 0 Å². The molecule has 6 nitrogen and oxygen atoms in total. The van der Waals surface area contributed by atoms with Crippen LogP contribution < -0.4 is 15.1 Å². The number of cyclic esters (lactones) is 1. The van der Waals surface area contributed by atoms with Gasteiger partial charge in [-0.25, -0.2) is 4.79 Å². The first-order valence-corrected chi connectivity index (χ1v) is 13.6. The summed E-state index contributed by atoms with van der Waals surface area (Å²) in [5.41, 5.74) is 3.50. The topological polar surface area (TPSA) is 61.9 Å². The third-order valence-corrected chi connectivity index (χ3v) is 7.76. The number of carbonyl (C=O) groups excluding carboxylic acids is 2. The van der Waals surface area contributed by atoms with Crippen LogP contribution in [-0.2, 0) is 11.2 Å². The minimum atomic E-state index is -0.387. The molecule has 2 aliphatic rings. The maximum Gasteiger partial charge on any atom is 0.414 e. The number of hydrogen-bond donors (Lipinski definition) is 1. The van der Waals surface area contributed by atoms with Crippen molar-refractivity contribution in [3.8, 4) is 0 Å². The number of ether oxygens (including phenoxy) is 1. The van der Waals surface area contributed by atoms with Crippen molar-refractivity contribution in [2.75, 3.05) is 36.0 Å². The molecule has 2 amide bonds. The van der Waals surface area contributed by atoms with E-state index in [0.29, 0.717) is 15.8 Å². The van der Waals surface area contributed by atoms with E-state index in [2.05, 4.69) is 29.3 Å². The molecule has 2 aromatic rings. The number of halogens is 1. The fourth-order valence-corrected chi connectivity index (χ4v) is 5.65. The van der Waals surface area contributed by atoms with E-state index in [9.17, 15) is 9.59 Å². The second-order valence-electron chi connectivity index (χ2n) is 9.10. The van der Waals surface area contributed by atoms with Crippen molar-refractivity contribution in [3.63, 3.8) is 0 Å². The number of benzene rings is 1. The quantitative estimate of drug-likeness (QED) is 0.388. The van der Waals surface area contributed by atoms with Gasteiger partial charge in [0.2, 0.25) is 0 Å². The molecule has 4 rings (SSSR count). The average molecular weight is 504 g/mol. The Labute approximate surface area is 211 Å². The van der Waals surface area contributed by atoms with Gasteiger partial charge in [-0.3, -0.25) is 9.69 Å². The van der Waals surface area contributed by atoms with Gasteiger partial charge in [-0.1, -0.05) is 37.8 Å². The molecule has 0 bridgehead atoms. The van der Waals surface area contributed by atoms with Crippen LogP contribution >= 0.6 is 22.9 Å². The van der Waals surface area contributed by atoms with Crippen LogP contribution in [0.15, 0.2) is 30.3 Å². The third-order valence-electron chi connectivity index (χ3n) is 6.53. The van der Waals surface area contributed by atoms with Gasteiger partial charge < -0.3 is 15.0 Å². The summed E-state index contributed by atoms with van der Waals surface area (Å²) < 4.78 is 6.13. The number of aryl methyl sites for hydroxylation is 1. The van der Waals surface area contributed by atoms with Gasteiger partial charge >= 0.3 is 6.09 Å². The fourth-order valence-electron chi connectivity index (χ4n) is 4.69. The Balaban J connectivity index is 1.42. The molecule has 2 fully saturated rings. The number of piperidine rings is 1. The highest BCUT2D eigenvalue weighted by Gasteiger charge is 2.33. The first kappa shape index (κ1) is 24.9. The maximum absolute atomic E-state index is 12.7. The second kappa shape index (κ2) is 11.9. The van der Waals surface area contributed by atoms with E-state index in [-0.39, 0.29) is 24.6 Å². The largest absolute Gasteiger partial charge is 0.442 e. The number of thiophene rings is 1. The van der Waals surface area contributed by atoms with E-state index < -0.39 is 0 Å². The Hall–Kier alpha value is -2.25. The van der Waals surface area contributed by atoms with E-state index in [1.54, 1.807) is 17.0 Å². The minimum absolute atomic E-state index is 0.202. The summed E-state index contributed by atoms with van der Waals surface area (Å²) >= 11 is 7.15. The summed E-state index contributed by atoms with van der Waals surface area (Å²) in [5.74, 6) is -0.202. The van der Waals surface area contributed by atoms with Crippen LogP contribution in [0.3, 0.4) is 0 Å². The van der Waals surface area contributed by atoms with Crippen molar-refractivity contribution < 1.29 is 14.3 Å². The van der Waals surface area contributed by atoms with Gasteiger partial charge in [0.25, 0.3) is 5.91 Å². The zero-order valence-electron chi connectivity index (χ0n) is 19.9. The summed E-state index contributed by atoms with van der Waals surface area (Å²) in [6.45, 7) is 5.12. The summed E-state index contributed by atoms with van der Waals surface area (Å²) in [5, 5.41) is 2.85. The lowest BCUT2D eigenvalue weighted by atomic mass is 10.0. The molecular formula is C26H34ClN3O3S. The molecular weight excluding hydrogens is 470 g/mol. The van der Waals surface area contributed by atoms with E-state index in [1.807, 2.05) is 6.07 Å². The predicted octanol–water partition coefficient (Wildman–Crippen LogP) is 6.27. The molecule has 0 saturated carbocycles. The van der Waals surface area contributed by atoms with Gasteiger partial charge in [0.1, 0.15) is 6.10 Å². The average Bonchev–Trinajstić information content (AvgIpc) is 3.46. The Morgan fingerprint density at radius 1 is 1.15 bits per heavy atom. The lowest BCUT2D eigenvalue weighted by Gasteiger charge is -2.31. The van der Waals surface area contributed by atoms with E-state index in [0.717, 1.165) is 31.6 Å². The van der Waals surface area contributed by atoms with Crippen molar-refractivity contribution in [2.45, 2.75) is 64.4 Å². The van der Waals surface area contributed by atoms with E-state index in [4.69, 9.17) is 16.3 Å². The monoisotopic (exact) mass is 503 g/mol. The highest BCUT2D eigenvalue weighted by Crippen LogP contribution is 2.32. The molecule has 34 heavy (non-hydrogen) atoms. The summed E-state index contributed by atoms with van der Waals surface area (Å²) in [4.78, 5) is 29.7. The summed E-state index contributed by atoms with van der Waals surface area (Å²) in [6, 6.07) is 9.78. The normalized spacial score (nSPS) is 18.3. The standard InChI is InChI=1S/C26H34ClN3O3S/c1-2-3-4-6-9-19-16-20(10-11-22(19)29-14-7-5-8-15-29)30-18-21(33-26(30)32)17-28-25(31)23-12-13-24(27)34-23/h10-13,16,21H,2-9,14-15,17-18H2,1H3,(H,28,31). The van der Waals surface area contributed by atoms with Crippen LogP contribution in [-0.4, -0.2) is 44.3 Å². The molecule has 2 aliphatic heterocycles. The van der Waals surface area contributed by atoms with Crippen LogP contribution in [0.4, 0.5) is 16.2 Å². The van der Waals surface area contributed by atoms with Gasteiger partial charge in [-0.15, -0.1) is 11.3 Å². The number of rotatable bonds is 10. The molecule has 0 aliphatic carbocycles. The minimum Gasteiger partial charge on any atom is -0.442 e. The summed E-state index contributed by atoms with van der Waals surface area (Å²) in [6.07, 6.45) is 8.90. The lowest BCUT2D eigenvalue weighted by Crippen LogP contribution is -2.34. The van der Waals surface area contributed by atoms with Gasteiger partial charge in [-0.2, -0.15) is 0 Å². The molecule has 0 spiro atoms. The predicted molar refractivity (Wildman–Crippen MR) is 140 cm³/mol. The zero-order chi connectivity index (χ0) is 23.9. The number of unbranched alkanes of at least 4 members (excludes halogenated alkanes) is 3. The van der Waals surface area contributed by atoms with Crippen LogP contribution in [0.2, 0.25) is 4.34 Å². The number of nitrogens with one attached hydrogen (secondary N) is 1. The molecule has 0 radical (unpaired) electrons. The van der Waals surface area contributed by atoms with Gasteiger partial charge in [0, 0.05) is 24.5 Å². The molecule has 1 aromatic heterocycles. The maximum atomic E-state index is 12.7. The van der Waals surface area contributed by atoms with Crippen molar-refractivity contribution in [3.05, 3.63) is 45.1 Å². The number of nitrogens with zero attached hydrogens (tertiary/aromatic N) is 2. The van der Waals surface area contributed by atoms with Gasteiger partial charge in [-0.05, 0) is 68.0 Å². The second-order valence-corrected chi connectivity index (χ2v) is 10.8. The number of amides is 2. The van der Waals surface area contributed by atoms with Crippen LogP contribution in [0.25, 0.3) is 0 Å². The number of carbonyl (C=O) groups is 2. The molecule has 2 saturated heterocycles. The Morgan fingerprint density at radius 3 is 2.71 bits per heavy atom. The number of hydrogen-bond acceptors (Lipinski definition) is 5. The van der Waals surface area contributed by atoms with Gasteiger partial charge in [0.05, 0.1) is 22.3 Å². The number of anilines is 2. The van der Waals surface area contributed by atoms with Gasteiger partial charge in [0.15, 0.2) is 0 Å². The molecule has 1 atom stereocenters. The van der Waals surface area contributed by atoms with Crippen LogP contribution in [0, 0.1) is 0 Å². The molecule has 1 N–H and O–H groups in total. The molecule has 1 aromatic carbocycles. The molecule has 184 valence electrons. The Bertz CT molecular complexity index is 989. The highest BCUT2D eigenvalue weighted by molar-refractivity contribution is 7.18. The van der Waals surface area contributed by atoms with Crippen molar-refractivity contribution in [2.24, 2.45) is 0 Å². The van der Waals surface area contributed by atoms with Crippen molar-refractivity contribution in [1.82, 2.24) is 5.32 Å². The smallest absolute Gasteiger partial charge is 0.414 e. The third kappa shape index (κ3) is 6.25. The van der Waals surface area contributed by atoms with Crippen molar-refractivity contribution >= 4 is 46.3 Å². The first-order chi connectivity index (χ1) is 16.5. The first-order valence-electron chi connectivity index (χ1n) is 12.4. The molecule has 1 unspecified atom stereocenters. The summed E-state index contributed by atoms with van der Waals surface area (Å²) in [7, 11) is 0. The lowest BCUT2D eigenvalue weighted by molar-refractivity contribution is 0.0920. The Morgan fingerprint density at radius 2 is 1.97 bits per heavy atom. The molecule has 3 heterocycles. The fraction of sp³-hybridized carbons (Fsp3) is 0.538. The molecule has 8 heteroatoms. The van der Waals surface area contributed by atoms with E-state index >= 15 is 0 Å². The van der Waals surface area contributed by atoms with E-state index in [1.165, 1.54) is 61.1 Å². The highest BCUT2D eigenvalue weighted by atomic mass is 35.5. The SMILES string of the molecule is CCCCCCc1cc(N2CC(CNC(=O)c3ccc(Cl)s3)OC2=O)ccc1N1CCCCC1. The van der Waals surface area contributed by atoms with Crippen LogP contribution in [0.1, 0.15) is 67.1 Å². The zero-order valence-corrected chi connectivity index (χ0v) is 21.4.